The quantitative estimate of drug-likeness (QED) is 0.775. The van der Waals surface area contributed by atoms with Crippen LogP contribution < -0.4 is 10.5 Å². The van der Waals surface area contributed by atoms with Gasteiger partial charge in [-0.2, -0.15) is 0 Å². The molecule has 1 rings (SSSR count). The van der Waals surface area contributed by atoms with E-state index in [2.05, 4.69) is 0 Å². The lowest BCUT2D eigenvalue weighted by Crippen LogP contribution is -2.36. The van der Waals surface area contributed by atoms with E-state index in [-0.39, 0.29) is 12.5 Å². The van der Waals surface area contributed by atoms with E-state index in [1.807, 2.05) is 37.3 Å². The lowest BCUT2D eigenvalue weighted by atomic mass is 10.3. The molecule has 0 unspecified atom stereocenters. The Morgan fingerprint density at radius 2 is 2.06 bits per heavy atom. The number of hydrogen-bond acceptors (Lipinski definition) is 3. The summed E-state index contributed by atoms with van der Waals surface area (Å²) in [5, 5.41) is 0. The Balaban J connectivity index is 2.37. The van der Waals surface area contributed by atoms with Crippen LogP contribution in [0.25, 0.3) is 0 Å². The molecule has 0 aliphatic carbocycles. The van der Waals surface area contributed by atoms with Crippen molar-refractivity contribution in [1.82, 2.24) is 4.90 Å². The van der Waals surface area contributed by atoms with Crippen LogP contribution in [0.3, 0.4) is 0 Å². The van der Waals surface area contributed by atoms with Gasteiger partial charge >= 0.3 is 0 Å². The Kier molecular flexibility index (Phi) is 6.10. The molecular formula is C13H20N2O2. The molecule has 0 aromatic heterocycles. The Morgan fingerprint density at radius 1 is 1.35 bits per heavy atom. The van der Waals surface area contributed by atoms with Crippen molar-refractivity contribution in [1.29, 1.82) is 0 Å². The first-order valence-electron chi connectivity index (χ1n) is 5.93. The molecule has 17 heavy (non-hydrogen) atoms. The number of amides is 1. The summed E-state index contributed by atoms with van der Waals surface area (Å²) in [6.07, 6.45) is 0.824. The molecule has 0 radical (unpaired) electrons. The second kappa shape index (κ2) is 7.68. The van der Waals surface area contributed by atoms with Crippen molar-refractivity contribution in [3.05, 3.63) is 30.3 Å². The summed E-state index contributed by atoms with van der Waals surface area (Å²) in [5.74, 6) is 0.723. The van der Waals surface area contributed by atoms with Gasteiger partial charge in [0, 0.05) is 13.1 Å². The Morgan fingerprint density at radius 3 is 2.65 bits per heavy atom. The molecule has 1 aromatic carbocycles. The minimum atomic E-state index is 0.00445. The summed E-state index contributed by atoms with van der Waals surface area (Å²) in [7, 11) is 0. The molecule has 94 valence electrons. The van der Waals surface area contributed by atoms with Gasteiger partial charge in [-0.25, -0.2) is 0 Å². The van der Waals surface area contributed by atoms with E-state index >= 15 is 0 Å². The van der Waals surface area contributed by atoms with E-state index in [4.69, 9.17) is 10.5 Å². The van der Waals surface area contributed by atoms with Crippen molar-refractivity contribution in [2.24, 2.45) is 5.73 Å². The number of nitrogens with two attached hydrogens (primary N) is 1. The Labute approximate surface area is 102 Å². The van der Waals surface area contributed by atoms with Crippen molar-refractivity contribution in [3.63, 3.8) is 0 Å². The second-order valence-corrected chi connectivity index (χ2v) is 3.72. The van der Waals surface area contributed by atoms with Gasteiger partial charge in [0.05, 0.1) is 0 Å². The van der Waals surface area contributed by atoms with Gasteiger partial charge in [0.2, 0.25) is 0 Å². The largest absolute Gasteiger partial charge is 0.484 e. The van der Waals surface area contributed by atoms with Gasteiger partial charge in [-0.3, -0.25) is 4.79 Å². The van der Waals surface area contributed by atoms with E-state index in [0.717, 1.165) is 12.2 Å². The summed E-state index contributed by atoms with van der Waals surface area (Å²) in [6, 6.07) is 9.35. The fourth-order valence-corrected chi connectivity index (χ4v) is 1.49. The highest BCUT2D eigenvalue weighted by Crippen LogP contribution is 2.08. The first kappa shape index (κ1) is 13.5. The number of carbonyl (C=O) groups excluding carboxylic acids is 1. The summed E-state index contributed by atoms with van der Waals surface area (Å²) in [6.45, 7) is 4.03. The normalized spacial score (nSPS) is 10.0. The standard InChI is InChI=1S/C13H20N2O2/c1-2-15(10-6-9-14)13(16)11-17-12-7-4-3-5-8-12/h3-5,7-8H,2,6,9-11,14H2,1H3. The molecule has 0 bridgehead atoms. The Bertz CT molecular complexity index is 327. The number of ether oxygens (including phenoxy) is 1. The molecule has 0 aliphatic rings. The summed E-state index contributed by atoms with van der Waals surface area (Å²) in [4.78, 5) is 13.6. The molecule has 0 heterocycles. The number of likely N-dealkylation sites (N-methyl/N-ethyl adjacent to an activating group) is 1. The molecule has 2 N–H and O–H groups in total. The molecule has 0 aliphatic heterocycles. The number of benzene rings is 1. The van der Waals surface area contributed by atoms with Crippen molar-refractivity contribution >= 4 is 5.91 Å². The maximum Gasteiger partial charge on any atom is 0.260 e. The van der Waals surface area contributed by atoms with Crippen LogP contribution in [0.1, 0.15) is 13.3 Å². The summed E-state index contributed by atoms with van der Waals surface area (Å²) < 4.78 is 5.41. The van der Waals surface area contributed by atoms with Crippen molar-refractivity contribution < 1.29 is 9.53 Å². The number of hydrogen-bond donors (Lipinski definition) is 1. The predicted molar refractivity (Wildman–Crippen MR) is 67.9 cm³/mol. The molecule has 0 saturated heterocycles. The molecule has 0 saturated carbocycles. The zero-order valence-electron chi connectivity index (χ0n) is 10.3. The van der Waals surface area contributed by atoms with Crippen molar-refractivity contribution in [2.45, 2.75) is 13.3 Å². The zero-order valence-corrected chi connectivity index (χ0v) is 10.3. The van der Waals surface area contributed by atoms with E-state index in [9.17, 15) is 4.79 Å². The van der Waals surface area contributed by atoms with Gasteiger partial charge in [0.1, 0.15) is 5.75 Å². The molecule has 0 atom stereocenters. The summed E-state index contributed by atoms with van der Waals surface area (Å²) in [5.41, 5.74) is 5.43. The molecule has 0 spiro atoms. The van der Waals surface area contributed by atoms with Crippen LogP contribution >= 0.6 is 0 Å². The lowest BCUT2D eigenvalue weighted by molar-refractivity contribution is -0.133. The van der Waals surface area contributed by atoms with Crippen LogP contribution in [-0.2, 0) is 4.79 Å². The number of para-hydroxylation sites is 1. The topological polar surface area (TPSA) is 55.6 Å². The summed E-state index contributed by atoms with van der Waals surface area (Å²) >= 11 is 0. The van der Waals surface area contributed by atoms with Crippen molar-refractivity contribution in [2.75, 3.05) is 26.2 Å². The average Bonchev–Trinajstić information content (AvgIpc) is 2.38. The highest BCUT2D eigenvalue weighted by atomic mass is 16.5. The molecule has 0 fully saturated rings. The second-order valence-electron chi connectivity index (χ2n) is 3.72. The monoisotopic (exact) mass is 236 g/mol. The number of nitrogens with zero attached hydrogens (tertiary/aromatic N) is 1. The van der Waals surface area contributed by atoms with Gasteiger partial charge in [0.15, 0.2) is 6.61 Å². The molecule has 4 heteroatoms. The van der Waals surface area contributed by atoms with Crippen LogP contribution in [0.5, 0.6) is 5.75 Å². The van der Waals surface area contributed by atoms with Crippen LogP contribution in [0, 0.1) is 0 Å². The fourth-order valence-electron chi connectivity index (χ4n) is 1.49. The highest BCUT2D eigenvalue weighted by molar-refractivity contribution is 5.77. The van der Waals surface area contributed by atoms with Crippen LogP contribution in [0.15, 0.2) is 30.3 Å². The smallest absolute Gasteiger partial charge is 0.260 e. The van der Waals surface area contributed by atoms with Crippen LogP contribution in [0.4, 0.5) is 0 Å². The lowest BCUT2D eigenvalue weighted by Gasteiger charge is -2.20. The van der Waals surface area contributed by atoms with Gasteiger partial charge in [-0.15, -0.1) is 0 Å². The van der Waals surface area contributed by atoms with Crippen LogP contribution in [0.2, 0.25) is 0 Å². The number of rotatable bonds is 7. The maximum atomic E-state index is 11.8. The van der Waals surface area contributed by atoms with Crippen molar-refractivity contribution in [3.8, 4) is 5.75 Å². The molecule has 4 nitrogen and oxygen atoms in total. The van der Waals surface area contributed by atoms with Gasteiger partial charge in [-0.1, -0.05) is 18.2 Å². The SMILES string of the molecule is CCN(CCCN)C(=O)COc1ccccc1. The van der Waals surface area contributed by atoms with Gasteiger partial charge in [0.25, 0.3) is 5.91 Å². The predicted octanol–water partition coefficient (Wildman–Crippen LogP) is 1.26. The number of carbonyl (C=O) groups is 1. The van der Waals surface area contributed by atoms with Gasteiger partial charge < -0.3 is 15.4 Å². The third-order valence-corrected chi connectivity index (χ3v) is 2.47. The molecule has 1 aromatic rings. The third-order valence-electron chi connectivity index (χ3n) is 2.47. The van der Waals surface area contributed by atoms with Gasteiger partial charge in [-0.05, 0) is 32.0 Å². The molecule has 1 amide bonds. The minimum Gasteiger partial charge on any atom is -0.484 e. The highest BCUT2D eigenvalue weighted by Gasteiger charge is 2.11. The van der Waals surface area contributed by atoms with E-state index < -0.39 is 0 Å². The third kappa shape index (κ3) is 4.87. The van der Waals surface area contributed by atoms with E-state index in [0.29, 0.717) is 19.6 Å². The van der Waals surface area contributed by atoms with Crippen LogP contribution in [-0.4, -0.2) is 37.0 Å². The first-order valence-corrected chi connectivity index (χ1v) is 5.93. The fraction of sp³-hybridized carbons (Fsp3) is 0.462. The Hall–Kier alpha value is -1.55. The van der Waals surface area contributed by atoms with E-state index in [1.165, 1.54) is 0 Å². The first-order chi connectivity index (χ1) is 8.27. The zero-order chi connectivity index (χ0) is 12.5. The maximum absolute atomic E-state index is 11.8. The van der Waals surface area contributed by atoms with E-state index in [1.54, 1.807) is 4.90 Å². The minimum absolute atomic E-state index is 0.00445. The average molecular weight is 236 g/mol. The molecular weight excluding hydrogens is 216 g/mol.